The van der Waals surface area contributed by atoms with Crippen LogP contribution in [0.2, 0.25) is 0 Å². The molecule has 27 heavy (non-hydrogen) atoms. The summed E-state index contributed by atoms with van der Waals surface area (Å²) in [7, 11) is 1.65. The Labute approximate surface area is 169 Å². The molecule has 150 valence electrons. The Hall–Kier alpha value is -1.87. The molecule has 1 rings (SSSR count). The maximum Gasteiger partial charge on any atom is 0.115 e. The van der Waals surface area contributed by atoms with E-state index in [0.717, 1.165) is 37.0 Å². The first-order chi connectivity index (χ1) is 13.0. The van der Waals surface area contributed by atoms with E-state index in [1.54, 1.807) is 31.4 Å². The van der Waals surface area contributed by atoms with Crippen LogP contribution in [-0.4, -0.2) is 7.11 Å². The largest absolute Gasteiger partial charge is 0.497 e. The Morgan fingerprint density at radius 1 is 1.33 bits per heavy atom. The standard InChI is InChI=1S/C13H16OS.C11H19F/c1-4-5-7-12(11(2)14-3)10-13-8-6-9-15-13;1-4-6-7-10(3)8-9-11(12)5-2/h4-9H,2,10H2,1,3H3;4-5,10H,1,6-9H2,2-3H3/b5-4-,12-7-;11-5+. The molecule has 1 nitrogen and oxygen atoms in total. The van der Waals surface area contributed by atoms with Crippen LogP contribution in [0.25, 0.3) is 0 Å². The van der Waals surface area contributed by atoms with Crippen LogP contribution < -0.4 is 0 Å². The summed E-state index contributed by atoms with van der Waals surface area (Å²) < 4.78 is 17.8. The first-order valence-corrected chi connectivity index (χ1v) is 10.3. The van der Waals surface area contributed by atoms with E-state index in [4.69, 9.17) is 4.74 Å². The van der Waals surface area contributed by atoms with Crippen molar-refractivity contribution in [3.05, 3.63) is 83.1 Å². The van der Waals surface area contributed by atoms with E-state index in [0.29, 0.717) is 12.3 Å². The lowest BCUT2D eigenvalue weighted by Gasteiger charge is -2.07. The van der Waals surface area contributed by atoms with E-state index in [9.17, 15) is 4.39 Å². The van der Waals surface area contributed by atoms with Crippen molar-refractivity contribution in [3.63, 3.8) is 0 Å². The molecule has 0 aromatic carbocycles. The van der Waals surface area contributed by atoms with E-state index < -0.39 is 0 Å². The summed E-state index contributed by atoms with van der Waals surface area (Å²) in [6.07, 6.45) is 14.1. The third kappa shape index (κ3) is 13.0. The molecular weight excluding hydrogens is 355 g/mol. The van der Waals surface area contributed by atoms with Crippen LogP contribution in [-0.2, 0) is 11.2 Å². The molecule has 1 heterocycles. The summed E-state index contributed by atoms with van der Waals surface area (Å²) in [4.78, 5) is 1.32. The second-order valence-corrected chi connectivity index (χ2v) is 7.38. The average Bonchev–Trinajstić information content (AvgIpc) is 3.20. The number of hydrogen-bond donors (Lipinski definition) is 0. The van der Waals surface area contributed by atoms with Gasteiger partial charge < -0.3 is 4.74 Å². The van der Waals surface area contributed by atoms with Crippen molar-refractivity contribution in [1.29, 1.82) is 0 Å². The highest BCUT2D eigenvalue weighted by Crippen LogP contribution is 2.19. The van der Waals surface area contributed by atoms with Gasteiger partial charge in [-0.1, -0.05) is 49.9 Å². The van der Waals surface area contributed by atoms with Gasteiger partial charge in [0.15, 0.2) is 0 Å². The van der Waals surface area contributed by atoms with E-state index in [-0.39, 0.29) is 5.83 Å². The Morgan fingerprint density at radius 2 is 2.07 bits per heavy atom. The van der Waals surface area contributed by atoms with Crippen molar-refractivity contribution in [1.82, 2.24) is 0 Å². The lowest BCUT2D eigenvalue weighted by molar-refractivity contribution is 0.301. The Bertz CT molecular complexity index is 608. The number of hydrogen-bond acceptors (Lipinski definition) is 2. The third-order valence-electron chi connectivity index (χ3n) is 4.09. The first kappa shape index (κ1) is 25.1. The van der Waals surface area contributed by atoms with Crippen molar-refractivity contribution >= 4 is 11.3 Å². The molecule has 0 amide bonds. The van der Waals surface area contributed by atoms with Gasteiger partial charge in [0.1, 0.15) is 5.76 Å². The molecule has 1 atom stereocenters. The van der Waals surface area contributed by atoms with Gasteiger partial charge in [-0.15, -0.1) is 17.9 Å². The van der Waals surface area contributed by atoms with Gasteiger partial charge in [-0.3, -0.25) is 0 Å². The topological polar surface area (TPSA) is 9.23 Å². The van der Waals surface area contributed by atoms with E-state index in [2.05, 4.69) is 37.6 Å². The highest BCUT2D eigenvalue weighted by molar-refractivity contribution is 7.09. The molecule has 0 aliphatic heterocycles. The second kappa shape index (κ2) is 16.3. The summed E-state index contributed by atoms with van der Waals surface area (Å²) in [6, 6.07) is 4.18. The van der Waals surface area contributed by atoms with Gasteiger partial charge in [0.25, 0.3) is 0 Å². The summed E-state index contributed by atoms with van der Waals surface area (Å²) in [5.41, 5.74) is 1.12. The lowest BCUT2D eigenvalue weighted by atomic mass is 9.99. The van der Waals surface area contributed by atoms with Crippen LogP contribution in [0.5, 0.6) is 0 Å². The lowest BCUT2D eigenvalue weighted by Crippen LogP contribution is -1.94. The van der Waals surface area contributed by atoms with Gasteiger partial charge in [-0.05, 0) is 62.5 Å². The van der Waals surface area contributed by atoms with E-state index in [1.165, 1.54) is 4.88 Å². The number of halogens is 1. The highest BCUT2D eigenvalue weighted by atomic mass is 32.1. The molecule has 0 N–H and O–H groups in total. The Morgan fingerprint density at radius 3 is 2.59 bits per heavy atom. The number of ether oxygens (including phenoxy) is 1. The molecule has 0 saturated heterocycles. The van der Waals surface area contributed by atoms with Crippen molar-refractivity contribution < 1.29 is 9.13 Å². The number of allylic oxidation sites excluding steroid dienone is 7. The predicted molar refractivity (Wildman–Crippen MR) is 120 cm³/mol. The summed E-state index contributed by atoms with van der Waals surface area (Å²) in [6.45, 7) is 13.4. The number of rotatable bonds is 11. The van der Waals surface area contributed by atoms with Crippen molar-refractivity contribution in [2.24, 2.45) is 5.92 Å². The maximum atomic E-state index is 12.7. The summed E-state index contributed by atoms with van der Waals surface area (Å²) in [5, 5.41) is 2.08. The molecule has 0 aliphatic carbocycles. The molecule has 0 bridgehead atoms. The molecule has 0 fully saturated rings. The molecule has 0 aliphatic rings. The fraction of sp³-hybridized carbons (Fsp3) is 0.417. The smallest absolute Gasteiger partial charge is 0.115 e. The molecule has 0 spiro atoms. The average molecular weight is 391 g/mol. The summed E-state index contributed by atoms with van der Waals surface area (Å²) >= 11 is 1.75. The SMILES string of the molecule is C=C(OC)/C(=C\C=C/C)Cc1cccs1.C=CCCC(C)CC/C(F)=C\C. The van der Waals surface area contributed by atoms with Crippen LogP contribution >= 0.6 is 11.3 Å². The van der Waals surface area contributed by atoms with Gasteiger partial charge >= 0.3 is 0 Å². The molecule has 1 aromatic heterocycles. The first-order valence-electron chi connectivity index (χ1n) is 9.47. The minimum atomic E-state index is 0.0143. The van der Waals surface area contributed by atoms with Crippen molar-refractivity contribution in [2.75, 3.05) is 7.11 Å². The Balaban J connectivity index is 0.000000516. The fourth-order valence-electron chi connectivity index (χ4n) is 2.27. The number of methoxy groups -OCH3 is 1. The van der Waals surface area contributed by atoms with Gasteiger partial charge in [0.05, 0.1) is 12.9 Å². The zero-order valence-electron chi connectivity index (χ0n) is 17.3. The molecule has 0 radical (unpaired) electrons. The zero-order chi connectivity index (χ0) is 20.5. The Kier molecular flexibility index (Phi) is 15.2. The predicted octanol–water partition coefficient (Wildman–Crippen LogP) is 8.20. The van der Waals surface area contributed by atoms with Gasteiger partial charge in [-0.2, -0.15) is 0 Å². The van der Waals surface area contributed by atoms with E-state index in [1.807, 2.05) is 31.2 Å². The van der Waals surface area contributed by atoms with Crippen LogP contribution in [0.4, 0.5) is 4.39 Å². The molecule has 3 heteroatoms. The third-order valence-corrected chi connectivity index (χ3v) is 4.97. The monoisotopic (exact) mass is 390 g/mol. The van der Waals surface area contributed by atoms with Crippen LogP contribution in [0.15, 0.2) is 78.2 Å². The van der Waals surface area contributed by atoms with E-state index >= 15 is 0 Å². The van der Waals surface area contributed by atoms with Crippen molar-refractivity contribution in [3.8, 4) is 0 Å². The minimum absolute atomic E-state index is 0.0143. The molecular formula is C24H35FOS. The fourth-order valence-corrected chi connectivity index (χ4v) is 3.00. The van der Waals surface area contributed by atoms with Gasteiger partial charge in [0.2, 0.25) is 0 Å². The molecule has 1 unspecified atom stereocenters. The molecule has 0 saturated carbocycles. The zero-order valence-corrected chi connectivity index (χ0v) is 18.2. The molecule has 1 aromatic rings. The minimum Gasteiger partial charge on any atom is -0.497 e. The van der Waals surface area contributed by atoms with Gasteiger partial charge in [0, 0.05) is 11.3 Å². The maximum absolute atomic E-state index is 12.7. The van der Waals surface area contributed by atoms with Gasteiger partial charge in [-0.25, -0.2) is 4.39 Å². The van der Waals surface area contributed by atoms with Crippen LogP contribution in [0.1, 0.15) is 51.3 Å². The normalized spacial score (nSPS) is 13.1. The highest BCUT2D eigenvalue weighted by Gasteiger charge is 2.04. The van der Waals surface area contributed by atoms with Crippen molar-refractivity contribution in [2.45, 2.75) is 52.9 Å². The quantitative estimate of drug-likeness (QED) is 0.210. The second-order valence-electron chi connectivity index (χ2n) is 6.35. The van der Waals surface area contributed by atoms with Crippen LogP contribution in [0.3, 0.4) is 0 Å². The van der Waals surface area contributed by atoms with Crippen LogP contribution in [0, 0.1) is 5.92 Å². The number of thiophene rings is 1. The summed E-state index contributed by atoms with van der Waals surface area (Å²) in [5.74, 6) is 1.36.